The summed E-state index contributed by atoms with van der Waals surface area (Å²) in [7, 11) is 0. The van der Waals surface area contributed by atoms with Crippen molar-refractivity contribution in [1.82, 2.24) is 15.2 Å². The van der Waals surface area contributed by atoms with E-state index >= 15 is 0 Å². The van der Waals surface area contributed by atoms with Crippen molar-refractivity contribution in [2.75, 3.05) is 26.2 Å². The van der Waals surface area contributed by atoms with Gasteiger partial charge in [-0.3, -0.25) is 4.98 Å². The van der Waals surface area contributed by atoms with E-state index in [2.05, 4.69) is 22.1 Å². The first kappa shape index (κ1) is 16.3. The molecule has 0 saturated carbocycles. The van der Waals surface area contributed by atoms with E-state index in [0.717, 1.165) is 51.1 Å². The van der Waals surface area contributed by atoms with Crippen LogP contribution in [0, 0.1) is 5.82 Å². The minimum Gasteiger partial charge on any atom is -0.389 e. The van der Waals surface area contributed by atoms with Gasteiger partial charge >= 0.3 is 0 Å². The zero-order chi connectivity index (χ0) is 15.3. The molecule has 1 aromatic heterocycles. The lowest BCUT2D eigenvalue weighted by Crippen LogP contribution is -2.32. The predicted octanol–water partition coefficient (Wildman–Crippen LogP) is 2.11. The Morgan fingerprint density at radius 3 is 2.90 bits per heavy atom. The summed E-state index contributed by atoms with van der Waals surface area (Å²) < 4.78 is 13.0. The molecule has 0 radical (unpaired) electrons. The summed E-state index contributed by atoms with van der Waals surface area (Å²) in [6.07, 6.45) is 4.07. The molecule has 0 aromatic carbocycles. The normalized spacial score (nSPS) is 24.4. The Kier molecular flexibility index (Phi) is 5.67. The molecule has 5 heteroatoms. The van der Waals surface area contributed by atoms with Gasteiger partial charge in [0.25, 0.3) is 0 Å². The smallest absolute Gasteiger partial charge is 0.141 e. The first-order valence-electron chi connectivity index (χ1n) is 7.80. The standard InChI is InChI=1S/C16H26FN3O/c1-3-8-18-15(14-5-4-13(17)11-19-14)6-9-20-10-7-16(2,21)12-20/h4-5,11,15,18,21H,3,6-10,12H2,1-2H3. The number of rotatable bonds is 7. The van der Waals surface area contributed by atoms with E-state index in [1.165, 1.54) is 12.3 Å². The van der Waals surface area contributed by atoms with Gasteiger partial charge in [0.1, 0.15) is 5.82 Å². The molecule has 1 aliphatic rings. The molecule has 1 fully saturated rings. The van der Waals surface area contributed by atoms with Crippen LogP contribution >= 0.6 is 0 Å². The molecule has 21 heavy (non-hydrogen) atoms. The van der Waals surface area contributed by atoms with Crippen LogP contribution in [0.2, 0.25) is 0 Å². The fraction of sp³-hybridized carbons (Fsp3) is 0.688. The van der Waals surface area contributed by atoms with Gasteiger partial charge in [-0.2, -0.15) is 0 Å². The monoisotopic (exact) mass is 295 g/mol. The van der Waals surface area contributed by atoms with E-state index in [1.807, 2.05) is 6.92 Å². The summed E-state index contributed by atoms with van der Waals surface area (Å²) in [5.41, 5.74) is 0.330. The zero-order valence-corrected chi connectivity index (χ0v) is 13.0. The average molecular weight is 295 g/mol. The fourth-order valence-corrected chi connectivity index (χ4v) is 2.81. The molecule has 0 amide bonds. The molecule has 2 rings (SSSR count). The molecule has 0 aliphatic carbocycles. The lowest BCUT2D eigenvalue weighted by molar-refractivity contribution is 0.0683. The van der Waals surface area contributed by atoms with Gasteiger partial charge in [-0.15, -0.1) is 0 Å². The third kappa shape index (κ3) is 5.02. The van der Waals surface area contributed by atoms with Crippen molar-refractivity contribution in [2.24, 2.45) is 0 Å². The first-order chi connectivity index (χ1) is 10.00. The quantitative estimate of drug-likeness (QED) is 0.809. The minimum absolute atomic E-state index is 0.135. The van der Waals surface area contributed by atoms with Crippen molar-refractivity contribution in [3.63, 3.8) is 0 Å². The molecular weight excluding hydrogens is 269 g/mol. The van der Waals surface area contributed by atoms with Crippen molar-refractivity contribution in [3.8, 4) is 0 Å². The van der Waals surface area contributed by atoms with Gasteiger partial charge < -0.3 is 15.3 Å². The summed E-state index contributed by atoms with van der Waals surface area (Å²) in [5.74, 6) is -0.302. The second kappa shape index (κ2) is 7.29. The van der Waals surface area contributed by atoms with Gasteiger partial charge in [-0.05, 0) is 44.9 Å². The summed E-state index contributed by atoms with van der Waals surface area (Å²) >= 11 is 0. The van der Waals surface area contributed by atoms with Gasteiger partial charge in [-0.25, -0.2) is 4.39 Å². The van der Waals surface area contributed by atoms with E-state index in [4.69, 9.17) is 0 Å². The van der Waals surface area contributed by atoms with E-state index < -0.39 is 5.60 Å². The number of nitrogens with one attached hydrogen (secondary N) is 1. The second-order valence-corrected chi connectivity index (χ2v) is 6.22. The van der Waals surface area contributed by atoms with Gasteiger partial charge in [0.05, 0.1) is 23.5 Å². The summed E-state index contributed by atoms with van der Waals surface area (Å²) in [5, 5.41) is 13.5. The van der Waals surface area contributed by atoms with Crippen LogP contribution in [0.15, 0.2) is 18.3 Å². The highest BCUT2D eigenvalue weighted by Gasteiger charge is 2.31. The third-order valence-corrected chi connectivity index (χ3v) is 4.01. The van der Waals surface area contributed by atoms with E-state index in [0.29, 0.717) is 0 Å². The number of likely N-dealkylation sites (tertiary alicyclic amines) is 1. The molecule has 118 valence electrons. The summed E-state index contributed by atoms with van der Waals surface area (Å²) in [4.78, 5) is 6.48. The molecule has 2 heterocycles. The highest BCUT2D eigenvalue weighted by molar-refractivity contribution is 5.10. The molecule has 2 atom stereocenters. The Morgan fingerprint density at radius 1 is 1.52 bits per heavy atom. The van der Waals surface area contributed by atoms with Crippen LogP contribution in [0.4, 0.5) is 4.39 Å². The van der Waals surface area contributed by atoms with Gasteiger partial charge in [0.15, 0.2) is 0 Å². The average Bonchev–Trinajstić information content (AvgIpc) is 2.80. The van der Waals surface area contributed by atoms with Crippen LogP contribution in [0.3, 0.4) is 0 Å². The number of aromatic nitrogens is 1. The summed E-state index contributed by atoms with van der Waals surface area (Å²) in [6.45, 7) is 7.51. The highest BCUT2D eigenvalue weighted by atomic mass is 19.1. The van der Waals surface area contributed by atoms with Crippen LogP contribution in [0.1, 0.15) is 44.8 Å². The predicted molar refractivity (Wildman–Crippen MR) is 81.5 cm³/mol. The lowest BCUT2D eigenvalue weighted by atomic mass is 10.1. The second-order valence-electron chi connectivity index (χ2n) is 6.22. The number of aliphatic hydroxyl groups is 1. The maximum atomic E-state index is 13.0. The van der Waals surface area contributed by atoms with Crippen LogP contribution in [-0.4, -0.2) is 46.8 Å². The molecule has 4 nitrogen and oxygen atoms in total. The molecule has 2 unspecified atom stereocenters. The van der Waals surface area contributed by atoms with Crippen molar-refractivity contribution in [1.29, 1.82) is 0 Å². The number of pyridine rings is 1. The van der Waals surface area contributed by atoms with E-state index in [-0.39, 0.29) is 11.9 Å². The van der Waals surface area contributed by atoms with Gasteiger partial charge in [0, 0.05) is 19.6 Å². The maximum absolute atomic E-state index is 13.0. The molecule has 2 N–H and O–H groups in total. The number of nitrogens with zero attached hydrogens (tertiary/aromatic N) is 2. The molecular formula is C16H26FN3O. The SMILES string of the molecule is CCCNC(CCN1CCC(C)(O)C1)c1ccc(F)cn1. The Labute approximate surface area is 126 Å². The molecule has 0 spiro atoms. The Bertz CT molecular complexity index is 436. The van der Waals surface area contributed by atoms with Crippen molar-refractivity contribution in [3.05, 3.63) is 29.8 Å². The maximum Gasteiger partial charge on any atom is 0.141 e. The minimum atomic E-state index is -0.555. The van der Waals surface area contributed by atoms with Crippen molar-refractivity contribution in [2.45, 2.75) is 44.8 Å². The molecule has 1 aliphatic heterocycles. The van der Waals surface area contributed by atoms with Crippen LogP contribution in [0.25, 0.3) is 0 Å². The molecule has 1 saturated heterocycles. The van der Waals surface area contributed by atoms with Gasteiger partial charge in [-0.1, -0.05) is 6.92 Å². The summed E-state index contributed by atoms with van der Waals surface area (Å²) in [6, 6.07) is 3.35. The van der Waals surface area contributed by atoms with Crippen molar-refractivity contribution < 1.29 is 9.50 Å². The Balaban J connectivity index is 1.92. The number of halogens is 1. The lowest BCUT2D eigenvalue weighted by Gasteiger charge is -2.23. The number of hydrogen-bond acceptors (Lipinski definition) is 4. The van der Waals surface area contributed by atoms with E-state index in [1.54, 1.807) is 6.07 Å². The Morgan fingerprint density at radius 2 is 2.33 bits per heavy atom. The third-order valence-electron chi connectivity index (χ3n) is 4.01. The zero-order valence-electron chi connectivity index (χ0n) is 13.0. The first-order valence-corrected chi connectivity index (χ1v) is 7.80. The van der Waals surface area contributed by atoms with Crippen LogP contribution in [0.5, 0.6) is 0 Å². The number of hydrogen-bond donors (Lipinski definition) is 2. The van der Waals surface area contributed by atoms with Crippen LogP contribution < -0.4 is 5.32 Å². The molecule has 1 aromatic rings. The molecule has 0 bridgehead atoms. The van der Waals surface area contributed by atoms with Gasteiger partial charge in [0.2, 0.25) is 0 Å². The topological polar surface area (TPSA) is 48.4 Å². The fourth-order valence-electron chi connectivity index (χ4n) is 2.81. The van der Waals surface area contributed by atoms with E-state index in [9.17, 15) is 9.50 Å². The van der Waals surface area contributed by atoms with Crippen LogP contribution in [-0.2, 0) is 0 Å². The van der Waals surface area contributed by atoms with Crippen molar-refractivity contribution >= 4 is 0 Å². The Hall–Kier alpha value is -1.04. The highest BCUT2D eigenvalue weighted by Crippen LogP contribution is 2.22. The number of β-amino-alcohol motifs (C(OH)–C–C–N with tert-alkyl or cyclic N) is 1. The largest absolute Gasteiger partial charge is 0.389 e.